The van der Waals surface area contributed by atoms with Crippen molar-refractivity contribution in [1.82, 2.24) is 14.9 Å². The van der Waals surface area contributed by atoms with E-state index in [1.54, 1.807) is 24.9 Å². The van der Waals surface area contributed by atoms with Gasteiger partial charge in [-0.15, -0.1) is 11.8 Å². The van der Waals surface area contributed by atoms with Gasteiger partial charge in [0.25, 0.3) is 0 Å². The fraction of sp³-hybridized carbons (Fsp3) is 0.261. The van der Waals surface area contributed by atoms with Crippen LogP contribution in [0.2, 0.25) is 5.02 Å². The molecule has 2 aromatic carbocycles. The molecule has 1 aliphatic rings. The fourth-order valence-electron chi connectivity index (χ4n) is 3.63. The number of likely N-dealkylation sites (tertiary alicyclic amines) is 1. The van der Waals surface area contributed by atoms with Crippen molar-refractivity contribution in [2.45, 2.75) is 23.0 Å². The molecule has 0 aliphatic carbocycles. The Morgan fingerprint density at radius 1 is 1.31 bits per heavy atom. The van der Waals surface area contributed by atoms with Crippen LogP contribution in [0.4, 0.5) is 15.9 Å². The zero-order chi connectivity index (χ0) is 22.7. The molecular formula is C23H22ClFN4O2S. The molecular weight excluding hydrogens is 451 g/mol. The summed E-state index contributed by atoms with van der Waals surface area (Å²) in [5.41, 5.74) is 1.35. The third kappa shape index (κ3) is 4.81. The average Bonchev–Trinajstić information content (AvgIpc) is 2.81. The van der Waals surface area contributed by atoms with Crippen LogP contribution < -0.4 is 10.1 Å². The lowest BCUT2D eigenvalue weighted by Gasteiger charge is -2.31. The summed E-state index contributed by atoms with van der Waals surface area (Å²) < 4.78 is 19.1. The lowest BCUT2D eigenvalue weighted by Crippen LogP contribution is -2.38. The molecule has 166 valence electrons. The number of thioether (sulfide) groups is 1. The highest BCUT2D eigenvalue weighted by Crippen LogP contribution is 2.40. The molecule has 0 unspecified atom stereocenters. The SMILES string of the molecule is C=CC(=O)N1CCC(Sc2cc3c(Nc4ccc(F)c(Cl)c4)ncnc3cc2OC)CC1. The topological polar surface area (TPSA) is 67.4 Å². The number of ether oxygens (including phenoxy) is 1. The Morgan fingerprint density at radius 2 is 2.09 bits per heavy atom. The van der Waals surface area contributed by atoms with E-state index < -0.39 is 5.82 Å². The summed E-state index contributed by atoms with van der Waals surface area (Å²) >= 11 is 7.64. The van der Waals surface area contributed by atoms with Crippen molar-refractivity contribution in [3.8, 4) is 5.75 Å². The molecule has 1 fully saturated rings. The van der Waals surface area contributed by atoms with Crippen molar-refractivity contribution >= 4 is 51.7 Å². The first-order chi connectivity index (χ1) is 15.5. The second-order valence-electron chi connectivity index (χ2n) is 7.34. The second-order valence-corrected chi connectivity index (χ2v) is 9.09. The van der Waals surface area contributed by atoms with Crippen molar-refractivity contribution < 1.29 is 13.9 Å². The van der Waals surface area contributed by atoms with Crippen molar-refractivity contribution in [2.24, 2.45) is 0 Å². The standard InChI is InChI=1S/C23H22ClFN4O2S/c1-3-22(30)29-8-6-15(7-9-29)32-21-11-16-19(12-20(21)31-2)26-13-27-23(16)28-14-4-5-18(25)17(24)10-14/h3-5,10-13,15H,1,6-9H2,2H3,(H,26,27,28). The van der Waals surface area contributed by atoms with Gasteiger partial charge in [0, 0.05) is 35.5 Å². The quantitative estimate of drug-likeness (QED) is 0.481. The largest absolute Gasteiger partial charge is 0.496 e. The summed E-state index contributed by atoms with van der Waals surface area (Å²) in [4.78, 5) is 23.4. The summed E-state index contributed by atoms with van der Waals surface area (Å²) in [7, 11) is 1.64. The van der Waals surface area contributed by atoms with Crippen LogP contribution in [0.1, 0.15) is 12.8 Å². The van der Waals surface area contributed by atoms with Gasteiger partial charge in [0.2, 0.25) is 5.91 Å². The molecule has 32 heavy (non-hydrogen) atoms. The molecule has 1 aromatic heterocycles. The van der Waals surface area contributed by atoms with Gasteiger partial charge < -0.3 is 15.0 Å². The van der Waals surface area contributed by atoms with Gasteiger partial charge in [0.1, 0.15) is 23.7 Å². The van der Waals surface area contributed by atoms with Gasteiger partial charge in [0.05, 0.1) is 22.5 Å². The van der Waals surface area contributed by atoms with Crippen molar-refractivity contribution in [3.63, 3.8) is 0 Å². The van der Waals surface area contributed by atoms with Crippen molar-refractivity contribution in [2.75, 3.05) is 25.5 Å². The molecule has 0 bridgehead atoms. The fourth-order valence-corrected chi connectivity index (χ4v) is 5.06. The number of anilines is 2. The number of carbonyl (C=O) groups excluding carboxylic acids is 1. The Morgan fingerprint density at radius 3 is 2.78 bits per heavy atom. The van der Waals surface area contributed by atoms with Gasteiger partial charge >= 0.3 is 0 Å². The number of halogens is 2. The molecule has 1 N–H and O–H groups in total. The molecule has 0 radical (unpaired) electrons. The minimum absolute atomic E-state index is 0.0227. The first kappa shape index (κ1) is 22.4. The highest BCUT2D eigenvalue weighted by molar-refractivity contribution is 8.00. The third-order valence-corrected chi connectivity index (χ3v) is 6.99. The van der Waals surface area contributed by atoms with Crippen LogP contribution >= 0.6 is 23.4 Å². The highest BCUT2D eigenvalue weighted by atomic mass is 35.5. The Hall–Kier alpha value is -2.84. The Kier molecular flexibility index (Phi) is 6.81. The van der Waals surface area contributed by atoms with Gasteiger partial charge in [-0.05, 0) is 43.2 Å². The highest BCUT2D eigenvalue weighted by Gasteiger charge is 2.23. The molecule has 1 saturated heterocycles. The summed E-state index contributed by atoms with van der Waals surface area (Å²) in [5, 5.41) is 4.41. The number of carbonyl (C=O) groups is 1. The molecule has 1 amide bonds. The van der Waals surface area contributed by atoms with E-state index in [9.17, 15) is 9.18 Å². The number of hydrogen-bond donors (Lipinski definition) is 1. The second kappa shape index (κ2) is 9.75. The zero-order valence-electron chi connectivity index (χ0n) is 17.5. The lowest BCUT2D eigenvalue weighted by atomic mass is 10.1. The first-order valence-corrected chi connectivity index (χ1v) is 11.4. The lowest BCUT2D eigenvalue weighted by molar-refractivity contribution is -0.126. The van der Waals surface area contributed by atoms with Gasteiger partial charge in [-0.2, -0.15) is 0 Å². The van der Waals surface area contributed by atoms with E-state index in [0.29, 0.717) is 29.8 Å². The number of nitrogens with zero attached hydrogens (tertiary/aromatic N) is 3. The molecule has 9 heteroatoms. The van der Waals surface area contributed by atoms with E-state index >= 15 is 0 Å². The minimum Gasteiger partial charge on any atom is -0.496 e. The molecule has 3 aromatic rings. The number of piperidine rings is 1. The number of hydrogen-bond acceptors (Lipinski definition) is 6. The molecule has 2 heterocycles. The molecule has 6 nitrogen and oxygen atoms in total. The van der Waals surface area contributed by atoms with E-state index in [-0.39, 0.29) is 10.9 Å². The summed E-state index contributed by atoms with van der Waals surface area (Å²) in [6.45, 7) is 4.98. The number of rotatable bonds is 6. The molecule has 0 spiro atoms. The van der Waals surface area contributed by atoms with Gasteiger partial charge in [-0.3, -0.25) is 4.79 Å². The smallest absolute Gasteiger partial charge is 0.245 e. The van der Waals surface area contributed by atoms with Crippen LogP contribution in [-0.4, -0.2) is 46.2 Å². The van der Waals surface area contributed by atoms with Crippen LogP contribution in [0, 0.1) is 5.82 Å². The predicted molar refractivity (Wildman–Crippen MR) is 126 cm³/mol. The van der Waals surface area contributed by atoms with Crippen LogP contribution in [-0.2, 0) is 4.79 Å². The number of methoxy groups -OCH3 is 1. The Labute approximate surface area is 194 Å². The molecule has 4 rings (SSSR count). The normalized spacial score (nSPS) is 14.4. The zero-order valence-corrected chi connectivity index (χ0v) is 19.0. The maximum absolute atomic E-state index is 13.5. The number of aromatic nitrogens is 2. The van der Waals surface area contributed by atoms with E-state index in [0.717, 1.165) is 34.4 Å². The van der Waals surface area contributed by atoms with Crippen molar-refractivity contribution in [3.05, 3.63) is 60.2 Å². The number of fused-ring (bicyclic) bond motifs is 1. The van der Waals surface area contributed by atoms with Gasteiger partial charge in [-0.1, -0.05) is 18.2 Å². The predicted octanol–water partition coefficient (Wildman–Crippen LogP) is 5.44. The monoisotopic (exact) mass is 472 g/mol. The van der Waals surface area contributed by atoms with E-state index in [1.807, 2.05) is 17.0 Å². The number of nitrogens with one attached hydrogen (secondary N) is 1. The van der Waals surface area contributed by atoms with E-state index in [4.69, 9.17) is 16.3 Å². The number of benzene rings is 2. The van der Waals surface area contributed by atoms with Crippen LogP contribution in [0.3, 0.4) is 0 Å². The molecule has 0 saturated carbocycles. The maximum atomic E-state index is 13.5. The first-order valence-electron chi connectivity index (χ1n) is 10.1. The number of amides is 1. The van der Waals surface area contributed by atoms with Gasteiger partial charge in [-0.25, -0.2) is 14.4 Å². The molecule has 0 atom stereocenters. The van der Waals surface area contributed by atoms with Crippen LogP contribution in [0.5, 0.6) is 5.75 Å². The minimum atomic E-state index is -0.478. The molecule has 1 aliphatic heterocycles. The summed E-state index contributed by atoms with van der Waals surface area (Å²) in [6.07, 6.45) is 4.60. The Balaban J connectivity index is 1.60. The summed E-state index contributed by atoms with van der Waals surface area (Å²) in [5.74, 6) is 0.828. The van der Waals surface area contributed by atoms with Crippen LogP contribution in [0.15, 0.2) is 54.2 Å². The maximum Gasteiger partial charge on any atom is 0.245 e. The van der Waals surface area contributed by atoms with Gasteiger partial charge in [0.15, 0.2) is 0 Å². The van der Waals surface area contributed by atoms with E-state index in [1.165, 1.54) is 24.5 Å². The average molecular weight is 473 g/mol. The van der Waals surface area contributed by atoms with E-state index in [2.05, 4.69) is 21.9 Å². The summed E-state index contributed by atoms with van der Waals surface area (Å²) in [6, 6.07) is 8.32. The van der Waals surface area contributed by atoms with Crippen LogP contribution in [0.25, 0.3) is 10.9 Å². The van der Waals surface area contributed by atoms with Crippen molar-refractivity contribution in [1.29, 1.82) is 0 Å². The Bertz CT molecular complexity index is 1170. The third-order valence-electron chi connectivity index (χ3n) is 5.32.